The summed E-state index contributed by atoms with van der Waals surface area (Å²) in [5, 5.41) is 5.54. The number of hydrogen-bond acceptors (Lipinski definition) is 5. The topological polar surface area (TPSA) is 67.4 Å². The van der Waals surface area contributed by atoms with Gasteiger partial charge in [-0.3, -0.25) is 9.59 Å². The van der Waals surface area contributed by atoms with E-state index in [9.17, 15) is 9.59 Å². The Labute approximate surface area is 126 Å². The normalized spacial score (nSPS) is 17.6. The maximum atomic E-state index is 11.6. The zero-order valence-corrected chi connectivity index (χ0v) is 12.3. The van der Waals surface area contributed by atoms with Gasteiger partial charge in [0.2, 0.25) is 5.12 Å². The third-order valence-corrected chi connectivity index (χ3v) is 3.84. The van der Waals surface area contributed by atoms with Gasteiger partial charge < -0.3 is 15.4 Å². The maximum absolute atomic E-state index is 11.6. The quantitative estimate of drug-likeness (QED) is 0.812. The lowest BCUT2D eigenvalue weighted by Gasteiger charge is -2.13. The summed E-state index contributed by atoms with van der Waals surface area (Å²) >= 11 is 6.27. The van der Waals surface area contributed by atoms with Crippen LogP contribution >= 0.6 is 24.0 Å². The molecule has 1 fully saturated rings. The van der Waals surface area contributed by atoms with Crippen LogP contribution in [0.25, 0.3) is 0 Å². The van der Waals surface area contributed by atoms with Crippen LogP contribution in [0.4, 0.5) is 0 Å². The van der Waals surface area contributed by atoms with Gasteiger partial charge in [-0.15, -0.1) is 0 Å². The van der Waals surface area contributed by atoms with E-state index in [-0.39, 0.29) is 28.8 Å². The maximum Gasteiger partial charge on any atom is 0.264 e. The van der Waals surface area contributed by atoms with Gasteiger partial charge in [0.25, 0.3) is 5.91 Å². The first-order valence-electron chi connectivity index (χ1n) is 6.10. The Morgan fingerprint density at radius 2 is 2.15 bits per heavy atom. The average molecular weight is 310 g/mol. The van der Waals surface area contributed by atoms with Crippen LogP contribution in [-0.4, -0.2) is 34.5 Å². The molecule has 106 valence electrons. The molecule has 1 unspecified atom stereocenters. The smallest absolute Gasteiger partial charge is 0.264 e. The molecular weight excluding hydrogens is 296 g/mol. The molecule has 0 saturated carbocycles. The SMILES string of the molecule is O=C(COc1ccccc1)NC(=S)NC1CCSC1=O. The van der Waals surface area contributed by atoms with Crippen LogP contribution in [0.1, 0.15) is 6.42 Å². The fourth-order valence-electron chi connectivity index (χ4n) is 1.65. The van der Waals surface area contributed by atoms with E-state index in [1.54, 1.807) is 12.1 Å². The zero-order chi connectivity index (χ0) is 14.4. The van der Waals surface area contributed by atoms with Crippen LogP contribution in [0.15, 0.2) is 30.3 Å². The molecule has 0 aliphatic carbocycles. The van der Waals surface area contributed by atoms with Gasteiger partial charge in [0.05, 0.1) is 6.04 Å². The van der Waals surface area contributed by atoms with Crippen molar-refractivity contribution < 1.29 is 14.3 Å². The number of ether oxygens (including phenoxy) is 1. The van der Waals surface area contributed by atoms with E-state index in [4.69, 9.17) is 17.0 Å². The van der Waals surface area contributed by atoms with Gasteiger partial charge >= 0.3 is 0 Å². The van der Waals surface area contributed by atoms with Crippen LogP contribution in [-0.2, 0) is 9.59 Å². The predicted octanol–water partition coefficient (Wildman–Crippen LogP) is 1.09. The summed E-state index contributed by atoms with van der Waals surface area (Å²) in [5.74, 6) is 1.04. The van der Waals surface area contributed by atoms with Gasteiger partial charge in [-0.05, 0) is 30.8 Å². The Kier molecular flexibility index (Phi) is 5.37. The highest BCUT2D eigenvalue weighted by molar-refractivity contribution is 8.14. The summed E-state index contributed by atoms with van der Waals surface area (Å²) in [4.78, 5) is 23.0. The minimum absolute atomic E-state index is 0.0575. The number of amides is 1. The molecule has 20 heavy (non-hydrogen) atoms. The molecule has 2 rings (SSSR count). The van der Waals surface area contributed by atoms with E-state index >= 15 is 0 Å². The largest absolute Gasteiger partial charge is 0.484 e. The summed E-state index contributed by atoms with van der Waals surface area (Å²) in [5.41, 5.74) is 0. The molecule has 0 radical (unpaired) electrons. The molecule has 0 spiro atoms. The van der Waals surface area contributed by atoms with E-state index in [1.807, 2.05) is 18.2 Å². The summed E-state index contributed by atoms with van der Waals surface area (Å²) in [6, 6.07) is 8.73. The molecule has 0 bridgehead atoms. The first-order valence-corrected chi connectivity index (χ1v) is 7.49. The van der Waals surface area contributed by atoms with Gasteiger partial charge in [0.1, 0.15) is 5.75 Å². The third-order valence-electron chi connectivity index (χ3n) is 2.61. The highest BCUT2D eigenvalue weighted by Crippen LogP contribution is 2.19. The molecule has 1 aromatic carbocycles. The number of nitrogens with one attached hydrogen (secondary N) is 2. The minimum atomic E-state index is -0.357. The molecule has 1 aromatic rings. The number of thioether (sulfide) groups is 1. The molecule has 1 aliphatic rings. The van der Waals surface area contributed by atoms with Crippen molar-refractivity contribution in [2.45, 2.75) is 12.5 Å². The standard InChI is InChI=1S/C13H14N2O3S2/c16-11(8-18-9-4-2-1-3-5-9)15-13(19)14-10-6-7-20-12(10)17/h1-5,10H,6-8H2,(H2,14,15,16,19). The second kappa shape index (κ2) is 7.25. The average Bonchev–Trinajstić information content (AvgIpc) is 2.83. The molecular formula is C13H14N2O3S2. The number of rotatable bonds is 4. The molecule has 7 heteroatoms. The highest BCUT2D eigenvalue weighted by Gasteiger charge is 2.25. The zero-order valence-electron chi connectivity index (χ0n) is 10.6. The van der Waals surface area contributed by atoms with Crippen LogP contribution in [0.3, 0.4) is 0 Å². The van der Waals surface area contributed by atoms with Gasteiger partial charge in [-0.1, -0.05) is 30.0 Å². The van der Waals surface area contributed by atoms with Crippen molar-refractivity contribution in [1.29, 1.82) is 0 Å². The van der Waals surface area contributed by atoms with Crippen molar-refractivity contribution in [2.75, 3.05) is 12.4 Å². The summed E-state index contributed by atoms with van der Waals surface area (Å²) < 4.78 is 5.29. The van der Waals surface area contributed by atoms with Crippen molar-refractivity contribution in [1.82, 2.24) is 10.6 Å². The van der Waals surface area contributed by atoms with Gasteiger partial charge in [-0.25, -0.2) is 0 Å². The molecule has 1 heterocycles. The Morgan fingerprint density at radius 1 is 1.40 bits per heavy atom. The van der Waals surface area contributed by atoms with E-state index in [1.165, 1.54) is 11.8 Å². The Balaban J connectivity index is 1.71. The Morgan fingerprint density at radius 3 is 2.80 bits per heavy atom. The number of carbonyl (C=O) groups is 2. The number of thiocarbonyl (C=S) groups is 1. The molecule has 1 aliphatic heterocycles. The molecule has 1 atom stereocenters. The van der Waals surface area contributed by atoms with Crippen molar-refractivity contribution >= 4 is 40.1 Å². The monoisotopic (exact) mass is 310 g/mol. The fourth-order valence-corrected chi connectivity index (χ4v) is 2.84. The second-order valence-electron chi connectivity index (χ2n) is 4.13. The number of hydrogen-bond donors (Lipinski definition) is 2. The molecule has 1 amide bonds. The van der Waals surface area contributed by atoms with Crippen molar-refractivity contribution in [3.8, 4) is 5.75 Å². The minimum Gasteiger partial charge on any atom is -0.484 e. The Hall–Kier alpha value is -1.60. The highest BCUT2D eigenvalue weighted by atomic mass is 32.2. The lowest BCUT2D eigenvalue weighted by atomic mass is 10.2. The number of carbonyl (C=O) groups excluding carboxylic acids is 2. The van der Waals surface area contributed by atoms with Crippen LogP contribution in [0.2, 0.25) is 0 Å². The summed E-state index contributed by atoms with van der Waals surface area (Å²) in [6.07, 6.45) is 0.722. The van der Waals surface area contributed by atoms with Crippen molar-refractivity contribution in [3.63, 3.8) is 0 Å². The van der Waals surface area contributed by atoms with Crippen LogP contribution in [0.5, 0.6) is 5.75 Å². The van der Waals surface area contributed by atoms with Crippen LogP contribution in [0, 0.1) is 0 Å². The second-order valence-corrected chi connectivity index (χ2v) is 5.64. The molecule has 0 aromatic heterocycles. The van der Waals surface area contributed by atoms with Gasteiger partial charge in [0, 0.05) is 5.75 Å². The van der Waals surface area contributed by atoms with Gasteiger partial charge in [0.15, 0.2) is 11.7 Å². The van der Waals surface area contributed by atoms with Crippen molar-refractivity contribution in [3.05, 3.63) is 30.3 Å². The molecule has 2 N–H and O–H groups in total. The Bertz CT molecular complexity index is 508. The first kappa shape index (κ1) is 14.8. The first-order chi connectivity index (χ1) is 9.65. The lowest BCUT2D eigenvalue weighted by molar-refractivity contribution is -0.121. The lowest BCUT2D eigenvalue weighted by Crippen LogP contribution is -2.46. The van der Waals surface area contributed by atoms with E-state index in [2.05, 4.69) is 10.6 Å². The summed E-state index contributed by atoms with van der Waals surface area (Å²) in [6.45, 7) is -0.126. The predicted molar refractivity (Wildman–Crippen MR) is 81.7 cm³/mol. The van der Waals surface area contributed by atoms with E-state index < -0.39 is 0 Å². The van der Waals surface area contributed by atoms with Crippen LogP contribution < -0.4 is 15.4 Å². The number of para-hydroxylation sites is 1. The fraction of sp³-hybridized carbons (Fsp3) is 0.308. The van der Waals surface area contributed by atoms with Gasteiger partial charge in [-0.2, -0.15) is 0 Å². The van der Waals surface area contributed by atoms with E-state index in [0.717, 1.165) is 12.2 Å². The third kappa shape index (κ3) is 4.50. The summed E-state index contributed by atoms with van der Waals surface area (Å²) in [7, 11) is 0. The molecule has 1 saturated heterocycles. The molecule has 5 nitrogen and oxygen atoms in total. The van der Waals surface area contributed by atoms with E-state index in [0.29, 0.717) is 5.75 Å². The number of benzene rings is 1. The van der Waals surface area contributed by atoms with Crippen molar-refractivity contribution in [2.24, 2.45) is 0 Å².